The van der Waals surface area contributed by atoms with Gasteiger partial charge >= 0.3 is 0 Å². The van der Waals surface area contributed by atoms with Crippen LogP contribution in [0.4, 0.5) is 34.1 Å². The molecule has 0 spiro atoms. The molecule has 0 fully saturated rings. The SMILES string of the molecule is Cc1cc2c(cc1N1c3cc4c(cc3B3c5ccc(C(C)(C)c6ccccc6)cc5N(c5ccc6c(c5)C(C)(C)CCC6(C)C)c5cc(C(C)(C)C)cc1c53)C(C)(C)CC4(C)C)C(C)(C)CCC2(C)C. The van der Waals surface area contributed by atoms with Crippen molar-refractivity contribution in [2.24, 2.45) is 0 Å². The van der Waals surface area contributed by atoms with E-state index < -0.39 is 0 Å². The van der Waals surface area contributed by atoms with Gasteiger partial charge in [0.1, 0.15) is 0 Å². The number of anilines is 6. The van der Waals surface area contributed by atoms with E-state index in [0.717, 1.165) is 6.42 Å². The first-order chi connectivity index (χ1) is 32.4. The van der Waals surface area contributed by atoms with Crippen molar-refractivity contribution >= 4 is 57.2 Å². The number of hydrogen-bond acceptors (Lipinski definition) is 2. The summed E-state index contributed by atoms with van der Waals surface area (Å²) >= 11 is 0. The molecule has 0 saturated carbocycles. The largest absolute Gasteiger partial charge is 0.311 e. The van der Waals surface area contributed by atoms with Gasteiger partial charge in [-0.25, -0.2) is 0 Å². The van der Waals surface area contributed by atoms with Gasteiger partial charge in [0.05, 0.1) is 0 Å². The monoisotopic (exact) mass is 925 g/mol. The highest BCUT2D eigenvalue weighted by molar-refractivity contribution is 7.00. The second kappa shape index (κ2) is 14.8. The fourth-order valence-electron chi connectivity index (χ4n) is 14.5. The predicted molar refractivity (Wildman–Crippen MR) is 304 cm³/mol. The molecule has 0 amide bonds. The molecule has 3 heteroatoms. The number of aryl methyl sites for hydroxylation is 1. The summed E-state index contributed by atoms with van der Waals surface area (Å²) in [6.45, 7) is 44.3. The van der Waals surface area contributed by atoms with Crippen molar-refractivity contribution in [3.63, 3.8) is 0 Å². The molecule has 2 heterocycles. The molecule has 70 heavy (non-hydrogen) atoms. The summed E-state index contributed by atoms with van der Waals surface area (Å²) in [6.07, 6.45) is 5.89. The minimum Gasteiger partial charge on any atom is -0.311 e. The highest BCUT2D eigenvalue weighted by atomic mass is 15.2. The quantitative estimate of drug-likeness (QED) is 0.162. The molecule has 362 valence electrons. The summed E-state index contributed by atoms with van der Waals surface area (Å²) in [4.78, 5) is 5.49. The van der Waals surface area contributed by atoms with E-state index in [0.29, 0.717) is 0 Å². The van der Waals surface area contributed by atoms with Gasteiger partial charge in [-0.05, 0) is 191 Å². The minimum atomic E-state index is -0.216. The molecule has 2 aliphatic heterocycles. The fraction of sp³-hybridized carbons (Fsp3) is 0.463. The Morgan fingerprint density at radius 2 is 0.886 bits per heavy atom. The zero-order valence-electron chi connectivity index (χ0n) is 46.3. The smallest absolute Gasteiger partial charge is 0.252 e. The summed E-state index contributed by atoms with van der Waals surface area (Å²) in [5.74, 6) is 0. The summed E-state index contributed by atoms with van der Waals surface area (Å²) in [5.41, 5.74) is 26.7. The lowest BCUT2D eigenvalue weighted by Crippen LogP contribution is -2.62. The Morgan fingerprint density at radius 3 is 1.49 bits per heavy atom. The Labute approximate surface area is 423 Å². The molecule has 3 aliphatic carbocycles. The van der Waals surface area contributed by atoms with Crippen LogP contribution in [0.25, 0.3) is 0 Å². The first kappa shape index (κ1) is 47.3. The first-order valence-electron chi connectivity index (χ1n) is 26.9. The van der Waals surface area contributed by atoms with Crippen LogP contribution in [0.1, 0.15) is 205 Å². The summed E-state index contributed by atoms with van der Waals surface area (Å²) < 4.78 is 0. The topological polar surface area (TPSA) is 6.48 Å². The van der Waals surface area contributed by atoms with Crippen LogP contribution < -0.4 is 26.2 Å². The minimum absolute atomic E-state index is 0.0385. The summed E-state index contributed by atoms with van der Waals surface area (Å²) in [6, 6.07) is 42.2. The Bertz CT molecular complexity index is 3160. The number of fused-ring (bicyclic) bond motifs is 7. The van der Waals surface area contributed by atoms with Gasteiger partial charge in [-0.2, -0.15) is 0 Å². The van der Waals surface area contributed by atoms with Crippen LogP contribution in [-0.4, -0.2) is 6.71 Å². The lowest BCUT2D eigenvalue weighted by Gasteiger charge is -2.47. The van der Waals surface area contributed by atoms with Gasteiger partial charge in [0.25, 0.3) is 6.71 Å². The van der Waals surface area contributed by atoms with Crippen molar-refractivity contribution in [1.82, 2.24) is 0 Å². The summed E-state index contributed by atoms with van der Waals surface area (Å²) in [7, 11) is 0. The van der Waals surface area contributed by atoms with Gasteiger partial charge in [0, 0.05) is 39.5 Å². The molecular weight excluding hydrogens is 844 g/mol. The van der Waals surface area contributed by atoms with Crippen LogP contribution in [0.3, 0.4) is 0 Å². The van der Waals surface area contributed by atoms with Crippen molar-refractivity contribution in [2.75, 3.05) is 9.80 Å². The van der Waals surface area contributed by atoms with Crippen molar-refractivity contribution in [2.45, 2.75) is 200 Å². The van der Waals surface area contributed by atoms with E-state index in [1.165, 1.54) is 132 Å². The third kappa shape index (κ3) is 6.92. The average molecular weight is 925 g/mol. The zero-order chi connectivity index (χ0) is 50.3. The molecule has 0 saturated heterocycles. The van der Waals surface area contributed by atoms with Crippen molar-refractivity contribution < 1.29 is 0 Å². The second-order valence-corrected chi connectivity index (χ2v) is 28.4. The molecule has 6 aromatic rings. The Balaban J connectivity index is 1.28. The molecule has 5 aliphatic rings. The Kier molecular flexibility index (Phi) is 10.0. The van der Waals surface area contributed by atoms with Crippen molar-refractivity contribution in [3.05, 3.63) is 159 Å². The first-order valence-corrected chi connectivity index (χ1v) is 26.9. The zero-order valence-corrected chi connectivity index (χ0v) is 46.3. The van der Waals surface area contributed by atoms with E-state index in [4.69, 9.17) is 0 Å². The fourth-order valence-corrected chi connectivity index (χ4v) is 14.5. The van der Waals surface area contributed by atoms with Crippen LogP contribution >= 0.6 is 0 Å². The molecule has 11 rings (SSSR count). The van der Waals surface area contributed by atoms with Gasteiger partial charge in [-0.3, -0.25) is 0 Å². The van der Waals surface area contributed by atoms with Gasteiger partial charge in [-0.1, -0.05) is 178 Å². The standard InChI is InChI=1S/C67H81BN2/c1-41-32-47-50(64(11,12)31-30-62(47,7)8)38-54(41)70-56-39-51-49(65(13,14)40-66(51,15)16)37-53(56)68-52-27-24-43(67(17,18)42-22-20-19-21-23-42)33-55(52)69(57-34-44(60(2,3)4)35-58(70)59(57)68)45-25-26-46-48(36-45)63(9,10)29-28-61(46,5)6/h19-27,32-39H,28-31,40H2,1-18H3. The second-order valence-electron chi connectivity index (χ2n) is 28.4. The van der Waals surface area contributed by atoms with E-state index in [1.54, 1.807) is 0 Å². The number of hydrogen-bond donors (Lipinski definition) is 0. The van der Waals surface area contributed by atoms with Crippen LogP contribution in [0.5, 0.6) is 0 Å². The van der Waals surface area contributed by atoms with Gasteiger partial charge in [0.2, 0.25) is 0 Å². The maximum absolute atomic E-state index is 2.77. The van der Waals surface area contributed by atoms with E-state index >= 15 is 0 Å². The lowest BCUT2D eigenvalue weighted by atomic mass is 9.33. The normalized spacial score (nSPS) is 20.5. The molecule has 0 unspecified atom stereocenters. The third-order valence-corrected chi connectivity index (χ3v) is 19.1. The van der Waals surface area contributed by atoms with Crippen molar-refractivity contribution in [3.8, 4) is 0 Å². The number of nitrogens with zero attached hydrogens (tertiary/aromatic N) is 2. The Hall–Kier alpha value is -5.02. The van der Waals surface area contributed by atoms with E-state index in [1.807, 2.05) is 0 Å². The van der Waals surface area contributed by atoms with Crippen molar-refractivity contribution in [1.29, 1.82) is 0 Å². The summed E-state index contributed by atoms with van der Waals surface area (Å²) in [5, 5.41) is 0. The van der Waals surface area contributed by atoms with Gasteiger partial charge < -0.3 is 9.80 Å². The molecule has 0 aromatic heterocycles. The van der Waals surface area contributed by atoms with E-state index in [9.17, 15) is 0 Å². The van der Waals surface area contributed by atoms with Gasteiger partial charge in [0.15, 0.2) is 0 Å². The molecule has 0 atom stereocenters. The lowest BCUT2D eigenvalue weighted by molar-refractivity contribution is 0.332. The molecule has 0 N–H and O–H groups in total. The van der Waals surface area contributed by atoms with Crippen LogP contribution in [0.15, 0.2) is 103 Å². The Morgan fingerprint density at radius 1 is 0.400 bits per heavy atom. The predicted octanol–water partition coefficient (Wildman–Crippen LogP) is 16.4. The van der Waals surface area contributed by atoms with E-state index in [-0.39, 0.29) is 50.0 Å². The average Bonchev–Trinajstić information content (AvgIpc) is 3.47. The van der Waals surface area contributed by atoms with E-state index in [2.05, 4.69) is 238 Å². The number of benzene rings is 6. The van der Waals surface area contributed by atoms with Crippen LogP contribution in [0, 0.1) is 6.92 Å². The third-order valence-electron chi connectivity index (χ3n) is 19.1. The maximum atomic E-state index is 2.77. The highest BCUT2D eigenvalue weighted by Gasteiger charge is 2.50. The number of rotatable bonds is 4. The highest BCUT2D eigenvalue weighted by Crippen LogP contribution is 2.56. The van der Waals surface area contributed by atoms with Gasteiger partial charge in [-0.15, -0.1) is 0 Å². The maximum Gasteiger partial charge on any atom is 0.252 e. The van der Waals surface area contributed by atoms with Crippen LogP contribution in [0.2, 0.25) is 0 Å². The molecule has 6 aromatic carbocycles. The molecule has 0 radical (unpaired) electrons. The molecular formula is C67H81BN2. The van der Waals surface area contributed by atoms with Crippen LogP contribution in [-0.2, 0) is 43.3 Å². The molecule has 2 nitrogen and oxygen atoms in total. The molecule has 0 bridgehead atoms.